The van der Waals surface area contributed by atoms with Gasteiger partial charge in [-0.1, -0.05) is 5.16 Å². The zero-order valence-electron chi connectivity index (χ0n) is 15.2. The monoisotopic (exact) mass is 356 g/mol. The van der Waals surface area contributed by atoms with Crippen LogP contribution < -0.4 is 0 Å². The van der Waals surface area contributed by atoms with Crippen molar-refractivity contribution in [3.8, 4) is 0 Å². The molecule has 26 heavy (non-hydrogen) atoms. The van der Waals surface area contributed by atoms with Crippen LogP contribution >= 0.6 is 0 Å². The predicted molar refractivity (Wildman–Crippen MR) is 92.8 cm³/mol. The average Bonchev–Trinajstić information content (AvgIpc) is 3.05. The number of aryl methyl sites for hydroxylation is 1. The van der Waals surface area contributed by atoms with E-state index in [1.807, 2.05) is 11.8 Å². The van der Waals surface area contributed by atoms with Crippen LogP contribution in [0.3, 0.4) is 0 Å². The maximum absolute atomic E-state index is 13.3. The lowest BCUT2D eigenvalue weighted by Gasteiger charge is -2.39. The van der Waals surface area contributed by atoms with Crippen molar-refractivity contribution < 1.29 is 9.32 Å². The van der Waals surface area contributed by atoms with E-state index in [1.54, 1.807) is 6.20 Å². The third-order valence-corrected chi connectivity index (χ3v) is 6.29. The maximum Gasteiger partial charge on any atom is 0.257 e. The summed E-state index contributed by atoms with van der Waals surface area (Å²) in [5, 5.41) is 11.2. The van der Waals surface area contributed by atoms with Gasteiger partial charge in [0.15, 0.2) is 5.82 Å². The largest absolute Gasteiger partial charge is 0.339 e. The van der Waals surface area contributed by atoms with Crippen molar-refractivity contribution in [1.29, 1.82) is 0 Å². The molecule has 0 spiro atoms. The van der Waals surface area contributed by atoms with E-state index in [9.17, 15) is 4.79 Å². The number of H-pyrrole nitrogens is 1. The number of nitrogens with one attached hydrogen (secondary N) is 1. The number of piperidine rings is 1. The normalized spacial score (nSPS) is 29.2. The minimum Gasteiger partial charge on any atom is -0.339 e. The van der Waals surface area contributed by atoms with Crippen LogP contribution in [0.4, 0.5) is 0 Å². The molecule has 0 unspecified atom stereocenters. The SMILES string of the molecule is Cc1noc([C@@]23CCN(C)C[C@@H]2CN(C(=O)c2cn[nH]c2C2CC2)C3)n1. The number of rotatable bonds is 3. The second kappa shape index (κ2) is 5.64. The standard InChI is InChI=1S/C18H24N6O2/c1-11-20-17(26-22-11)18-5-6-23(2)8-13(18)9-24(10-18)16(25)14-7-19-21-15(14)12-3-4-12/h7,12-13H,3-6,8-10H2,1-2H3,(H,19,21)/t13-,18-/m1/s1. The highest BCUT2D eigenvalue weighted by molar-refractivity contribution is 5.95. The summed E-state index contributed by atoms with van der Waals surface area (Å²) in [6.45, 7) is 5.12. The smallest absolute Gasteiger partial charge is 0.257 e. The van der Waals surface area contributed by atoms with E-state index < -0.39 is 0 Å². The van der Waals surface area contributed by atoms with Gasteiger partial charge in [-0.15, -0.1) is 0 Å². The Morgan fingerprint density at radius 1 is 1.38 bits per heavy atom. The van der Waals surface area contributed by atoms with Crippen molar-refractivity contribution in [3.63, 3.8) is 0 Å². The number of aromatic amines is 1. The number of carbonyl (C=O) groups excluding carboxylic acids is 1. The van der Waals surface area contributed by atoms with E-state index in [-0.39, 0.29) is 11.3 Å². The molecule has 3 fully saturated rings. The molecule has 3 aliphatic rings. The Hall–Kier alpha value is -2.22. The quantitative estimate of drug-likeness (QED) is 0.892. The number of aromatic nitrogens is 4. The lowest BCUT2D eigenvalue weighted by molar-refractivity contribution is 0.0776. The predicted octanol–water partition coefficient (Wildman–Crippen LogP) is 1.32. The summed E-state index contributed by atoms with van der Waals surface area (Å²) in [7, 11) is 2.13. The van der Waals surface area contributed by atoms with Crippen LogP contribution in [0.25, 0.3) is 0 Å². The molecule has 2 saturated heterocycles. The van der Waals surface area contributed by atoms with Crippen LogP contribution in [0.1, 0.15) is 52.9 Å². The minimum atomic E-state index is -0.229. The Morgan fingerprint density at radius 2 is 2.23 bits per heavy atom. The number of likely N-dealkylation sites (tertiary alicyclic amines) is 2. The zero-order valence-corrected chi connectivity index (χ0v) is 15.2. The van der Waals surface area contributed by atoms with Crippen molar-refractivity contribution in [2.24, 2.45) is 5.92 Å². The summed E-state index contributed by atoms with van der Waals surface area (Å²) < 4.78 is 5.60. The molecule has 1 amide bonds. The van der Waals surface area contributed by atoms with Gasteiger partial charge in [0.05, 0.1) is 22.9 Å². The molecule has 2 aromatic heterocycles. The van der Waals surface area contributed by atoms with Crippen molar-refractivity contribution in [1.82, 2.24) is 30.1 Å². The molecule has 0 radical (unpaired) electrons. The Morgan fingerprint density at radius 3 is 2.96 bits per heavy atom. The van der Waals surface area contributed by atoms with Crippen molar-refractivity contribution in [2.45, 2.75) is 37.5 Å². The van der Waals surface area contributed by atoms with E-state index in [4.69, 9.17) is 4.52 Å². The summed E-state index contributed by atoms with van der Waals surface area (Å²) in [6, 6.07) is 0. The second-order valence-corrected chi connectivity index (χ2v) is 8.17. The van der Waals surface area contributed by atoms with Gasteiger partial charge in [-0.25, -0.2) is 0 Å². The molecule has 2 atom stereocenters. The molecule has 4 heterocycles. The molecule has 5 rings (SSSR count). The molecule has 0 bridgehead atoms. The summed E-state index contributed by atoms with van der Waals surface area (Å²) in [5.41, 5.74) is 1.51. The van der Waals surface area contributed by atoms with E-state index in [1.165, 1.54) is 0 Å². The average molecular weight is 356 g/mol. The molecule has 138 valence electrons. The van der Waals surface area contributed by atoms with Gasteiger partial charge in [0.2, 0.25) is 5.89 Å². The van der Waals surface area contributed by atoms with E-state index >= 15 is 0 Å². The van der Waals surface area contributed by atoms with Gasteiger partial charge in [0.1, 0.15) is 0 Å². The number of amides is 1. The maximum atomic E-state index is 13.3. The van der Waals surface area contributed by atoms with Crippen LogP contribution in [-0.4, -0.2) is 69.3 Å². The fourth-order valence-electron chi connectivity index (χ4n) is 4.67. The lowest BCUT2D eigenvalue weighted by atomic mass is 9.72. The fraction of sp³-hybridized carbons (Fsp3) is 0.667. The molecule has 0 aromatic carbocycles. The second-order valence-electron chi connectivity index (χ2n) is 8.17. The number of hydrogen-bond donors (Lipinski definition) is 1. The Kier molecular flexibility index (Phi) is 3.47. The Bertz CT molecular complexity index is 840. The summed E-state index contributed by atoms with van der Waals surface area (Å²) in [5.74, 6) is 2.20. The molecule has 1 aliphatic carbocycles. The molecule has 8 nitrogen and oxygen atoms in total. The van der Waals surface area contributed by atoms with Crippen molar-refractivity contribution in [3.05, 3.63) is 29.2 Å². The van der Waals surface area contributed by atoms with E-state index in [0.29, 0.717) is 30.1 Å². The first kappa shape index (κ1) is 16.0. The highest BCUT2D eigenvalue weighted by atomic mass is 16.5. The van der Waals surface area contributed by atoms with E-state index in [0.717, 1.165) is 50.2 Å². The zero-order chi connectivity index (χ0) is 17.9. The van der Waals surface area contributed by atoms with Gasteiger partial charge < -0.3 is 14.3 Å². The molecule has 1 saturated carbocycles. The third-order valence-electron chi connectivity index (χ3n) is 6.29. The van der Waals surface area contributed by atoms with Gasteiger partial charge in [0.25, 0.3) is 5.91 Å². The van der Waals surface area contributed by atoms with E-state index in [2.05, 4.69) is 32.3 Å². The number of carbonyl (C=O) groups is 1. The van der Waals surface area contributed by atoms with Gasteiger partial charge in [-0.05, 0) is 39.8 Å². The summed E-state index contributed by atoms with van der Waals surface area (Å²) in [4.78, 5) is 22.1. The first-order valence-electron chi connectivity index (χ1n) is 9.39. The van der Waals surface area contributed by atoms with Crippen LogP contribution in [0, 0.1) is 12.8 Å². The summed E-state index contributed by atoms with van der Waals surface area (Å²) in [6.07, 6.45) is 4.90. The first-order valence-corrected chi connectivity index (χ1v) is 9.39. The Balaban J connectivity index is 1.47. The fourth-order valence-corrected chi connectivity index (χ4v) is 4.67. The van der Waals surface area contributed by atoms with Crippen LogP contribution in [0.5, 0.6) is 0 Å². The molecule has 2 aliphatic heterocycles. The van der Waals surface area contributed by atoms with Crippen molar-refractivity contribution in [2.75, 3.05) is 33.2 Å². The van der Waals surface area contributed by atoms with Gasteiger partial charge in [0, 0.05) is 31.5 Å². The van der Waals surface area contributed by atoms with Gasteiger partial charge in [-0.3, -0.25) is 9.89 Å². The van der Waals surface area contributed by atoms with Gasteiger partial charge >= 0.3 is 0 Å². The minimum absolute atomic E-state index is 0.0771. The molecule has 8 heteroatoms. The Labute approximate surface area is 151 Å². The molecular weight excluding hydrogens is 332 g/mol. The number of nitrogens with zero attached hydrogens (tertiary/aromatic N) is 5. The highest BCUT2D eigenvalue weighted by Gasteiger charge is 2.55. The van der Waals surface area contributed by atoms with Crippen LogP contribution in [0.2, 0.25) is 0 Å². The highest BCUT2D eigenvalue weighted by Crippen LogP contribution is 2.45. The number of fused-ring (bicyclic) bond motifs is 1. The van der Waals surface area contributed by atoms with Crippen LogP contribution in [0.15, 0.2) is 10.7 Å². The molecule has 1 N–H and O–H groups in total. The van der Waals surface area contributed by atoms with Crippen LogP contribution in [-0.2, 0) is 5.41 Å². The lowest BCUT2D eigenvalue weighted by Crippen LogP contribution is -2.48. The third kappa shape index (κ3) is 2.39. The van der Waals surface area contributed by atoms with Gasteiger partial charge in [-0.2, -0.15) is 10.1 Å². The molecule has 2 aromatic rings. The topological polar surface area (TPSA) is 91.2 Å². The summed E-state index contributed by atoms with van der Waals surface area (Å²) >= 11 is 0. The molecular formula is C18H24N6O2. The number of hydrogen-bond acceptors (Lipinski definition) is 6. The van der Waals surface area contributed by atoms with Crippen molar-refractivity contribution >= 4 is 5.91 Å². The first-order chi connectivity index (χ1) is 12.6.